The van der Waals surface area contributed by atoms with Gasteiger partial charge in [-0.2, -0.15) is 0 Å². The van der Waals surface area contributed by atoms with E-state index in [0.717, 1.165) is 18.6 Å². The fourth-order valence-corrected chi connectivity index (χ4v) is 4.56. The van der Waals surface area contributed by atoms with Crippen LogP contribution in [-0.2, 0) is 0 Å². The van der Waals surface area contributed by atoms with Gasteiger partial charge in [0.15, 0.2) is 0 Å². The predicted octanol–water partition coefficient (Wildman–Crippen LogP) is 1.69. The number of nitrogens with zero attached hydrogens (tertiary/aromatic N) is 2. The molecule has 0 aromatic rings. The largest absolute Gasteiger partial charge is 0.396 e. The molecule has 3 aliphatic rings. The van der Waals surface area contributed by atoms with Gasteiger partial charge in [0.1, 0.15) is 0 Å². The van der Waals surface area contributed by atoms with Crippen LogP contribution in [0.4, 0.5) is 0 Å². The summed E-state index contributed by atoms with van der Waals surface area (Å²) in [6.07, 6.45) is 10.8. The second-order valence-electron chi connectivity index (χ2n) is 7.67. The molecule has 4 heteroatoms. The Morgan fingerprint density at radius 1 is 0.864 bits per heavy atom. The standard InChI is InChI=1S/C18H35N3O/c22-15-16-5-10-20(11-6-16)14-9-19-17-7-12-21(13-8-17)18-3-1-2-4-18/h16-19,22H,1-15H2. The molecule has 0 unspecified atom stereocenters. The zero-order valence-electron chi connectivity index (χ0n) is 14.2. The fraction of sp³-hybridized carbons (Fsp3) is 1.00. The molecule has 2 N–H and O–H groups in total. The summed E-state index contributed by atoms with van der Waals surface area (Å²) in [4.78, 5) is 5.32. The maximum atomic E-state index is 9.19. The van der Waals surface area contributed by atoms with Crippen LogP contribution in [0.2, 0.25) is 0 Å². The van der Waals surface area contributed by atoms with E-state index in [0.29, 0.717) is 12.5 Å². The summed E-state index contributed by atoms with van der Waals surface area (Å²) in [7, 11) is 0. The Hall–Kier alpha value is -0.160. The van der Waals surface area contributed by atoms with Crippen LogP contribution < -0.4 is 5.32 Å². The smallest absolute Gasteiger partial charge is 0.0460 e. The maximum absolute atomic E-state index is 9.19. The zero-order valence-corrected chi connectivity index (χ0v) is 14.2. The molecule has 22 heavy (non-hydrogen) atoms. The maximum Gasteiger partial charge on any atom is 0.0460 e. The van der Waals surface area contributed by atoms with Gasteiger partial charge in [0, 0.05) is 31.8 Å². The van der Waals surface area contributed by atoms with E-state index in [1.807, 2.05) is 0 Å². The van der Waals surface area contributed by atoms with Crippen molar-refractivity contribution in [2.24, 2.45) is 5.92 Å². The monoisotopic (exact) mass is 309 g/mol. The van der Waals surface area contributed by atoms with Crippen molar-refractivity contribution < 1.29 is 5.11 Å². The average Bonchev–Trinajstić information content (AvgIpc) is 3.11. The quantitative estimate of drug-likeness (QED) is 0.783. The number of nitrogens with one attached hydrogen (secondary N) is 1. The van der Waals surface area contributed by atoms with Crippen LogP contribution in [0.5, 0.6) is 0 Å². The van der Waals surface area contributed by atoms with Crippen molar-refractivity contribution in [3.8, 4) is 0 Å². The molecule has 3 fully saturated rings. The van der Waals surface area contributed by atoms with Crippen LogP contribution in [0.1, 0.15) is 51.4 Å². The van der Waals surface area contributed by atoms with Gasteiger partial charge in [-0.15, -0.1) is 0 Å². The Balaban J connectivity index is 1.26. The molecule has 0 radical (unpaired) electrons. The molecule has 4 nitrogen and oxygen atoms in total. The zero-order chi connectivity index (χ0) is 15.2. The van der Waals surface area contributed by atoms with Gasteiger partial charge in [0.25, 0.3) is 0 Å². The van der Waals surface area contributed by atoms with Crippen LogP contribution in [0.3, 0.4) is 0 Å². The number of rotatable bonds is 6. The predicted molar refractivity (Wildman–Crippen MR) is 91.1 cm³/mol. The van der Waals surface area contributed by atoms with E-state index < -0.39 is 0 Å². The Kier molecular flexibility index (Phi) is 6.54. The topological polar surface area (TPSA) is 38.7 Å². The summed E-state index contributed by atoms with van der Waals surface area (Å²) in [6, 6.07) is 1.65. The number of hydrogen-bond acceptors (Lipinski definition) is 4. The first kappa shape index (κ1) is 16.7. The molecule has 0 aromatic carbocycles. The number of piperidine rings is 2. The molecule has 2 aliphatic heterocycles. The summed E-state index contributed by atoms with van der Waals surface area (Å²) in [6.45, 7) is 7.67. The van der Waals surface area contributed by atoms with Gasteiger partial charge >= 0.3 is 0 Å². The number of hydrogen-bond donors (Lipinski definition) is 2. The third-order valence-electron chi connectivity index (χ3n) is 6.20. The van der Waals surface area contributed by atoms with Gasteiger partial charge in [0.05, 0.1) is 0 Å². The van der Waals surface area contributed by atoms with Crippen molar-refractivity contribution in [1.82, 2.24) is 15.1 Å². The first-order valence-electron chi connectivity index (χ1n) is 9.66. The molecule has 2 heterocycles. The highest BCUT2D eigenvalue weighted by Gasteiger charge is 2.27. The third kappa shape index (κ3) is 4.67. The molecule has 1 aliphatic carbocycles. The summed E-state index contributed by atoms with van der Waals surface area (Å²) in [5, 5.41) is 13.0. The average molecular weight is 309 g/mol. The highest BCUT2D eigenvalue weighted by atomic mass is 16.3. The van der Waals surface area contributed by atoms with E-state index in [1.165, 1.54) is 84.1 Å². The minimum absolute atomic E-state index is 0.381. The lowest BCUT2D eigenvalue weighted by atomic mass is 9.98. The molecule has 0 spiro atoms. The third-order valence-corrected chi connectivity index (χ3v) is 6.20. The van der Waals surface area contributed by atoms with Crippen LogP contribution in [0.25, 0.3) is 0 Å². The molecule has 2 saturated heterocycles. The second-order valence-corrected chi connectivity index (χ2v) is 7.67. The number of aliphatic hydroxyl groups excluding tert-OH is 1. The Labute approximate surface area is 136 Å². The van der Waals surface area contributed by atoms with E-state index >= 15 is 0 Å². The lowest BCUT2D eigenvalue weighted by molar-refractivity contribution is 0.125. The van der Waals surface area contributed by atoms with E-state index in [4.69, 9.17) is 0 Å². The molecule has 128 valence electrons. The summed E-state index contributed by atoms with van der Waals surface area (Å²) in [5.74, 6) is 0.559. The summed E-state index contributed by atoms with van der Waals surface area (Å²) in [5.41, 5.74) is 0. The molecule has 0 aromatic heterocycles. The first-order chi connectivity index (χ1) is 10.8. The van der Waals surface area contributed by atoms with E-state index in [2.05, 4.69) is 15.1 Å². The van der Waals surface area contributed by atoms with Gasteiger partial charge in [-0.05, 0) is 70.6 Å². The summed E-state index contributed by atoms with van der Waals surface area (Å²) >= 11 is 0. The van der Waals surface area contributed by atoms with Gasteiger partial charge < -0.3 is 20.2 Å². The fourth-order valence-electron chi connectivity index (χ4n) is 4.56. The highest BCUT2D eigenvalue weighted by molar-refractivity contribution is 4.84. The van der Waals surface area contributed by atoms with Crippen molar-refractivity contribution in [3.63, 3.8) is 0 Å². The Morgan fingerprint density at radius 2 is 1.55 bits per heavy atom. The van der Waals surface area contributed by atoms with E-state index in [-0.39, 0.29) is 0 Å². The normalized spacial score (nSPS) is 27.7. The molecule has 0 bridgehead atoms. The van der Waals surface area contributed by atoms with Gasteiger partial charge in [-0.3, -0.25) is 0 Å². The minimum Gasteiger partial charge on any atom is -0.396 e. The number of aliphatic hydroxyl groups is 1. The lowest BCUT2D eigenvalue weighted by Gasteiger charge is -2.37. The van der Waals surface area contributed by atoms with Crippen molar-refractivity contribution in [2.45, 2.75) is 63.5 Å². The SMILES string of the molecule is OCC1CCN(CCNC2CCN(C3CCCC3)CC2)CC1. The van der Waals surface area contributed by atoms with Crippen LogP contribution >= 0.6 is 0 Å². The lowest BCUT2D eigenvalue weighted by Crippen LogP contribution is -2.47. The molecule has 3 rings (SSSR count). The Morgan fingerprint density at radius 3 is 2.18 bits per heavy atom. The molecular weight excluding hydrogens is 274 g/mol. The molecule has 0 amide bonds. The van der Waals surface area contributed by atoms with Crippen LogP contribution in [0, 0.1) is 5.92 Å². The van der Waals surface area contributed by atoms with E-state index in [9.17, 15) is 5.11 Å². The van der Waals surface area contributed by atoms with Gasteiger partial charge in [-0.1, -0.05) is 12.8 Å². The van der Waals surface area contributed by atoms with Crippen molar-refractivity contribution in [2.75, 3.05) is 45.9 Å². The first-order valence-corrected chi connectivity index (χ1v) is 9.66. The van der Waals surface area contributed by atoms with Crippen LogP contribution in [-0.4, -0.2) is 72.9 Å². The van der Waals surface area contributed by atoms with Gasteiger partial charge in [0.2, 0.25) is 0 Å². The molecular formula is C18H35N3O. The Bertz CT molecular complexity index is 303. The summed E-state index contributed by atoms with van der Waals surface area (Å²) < 4.78 is 0. The van der Waals surface area contributed by atoms with Crippen molar-refractivity contribution >= 4 is 0 Å². The molecule has 0 atom stereocenters. The molecule has 1 saturated carbocycles. The van der Waals surface area contributed by atoms with Crippen LogP contribution in [0.15, 0.2) is 0 Å². The van der Waals surface area contributed by atoms with Gasteiger partial charge in [-0.25, -0.2) is 0 Å². The number of likely N-dealkylation sites (tertiary alicyclic amines) is 2. The minimum atomic E-state index is 0.381. The van der Waals surface area contributed by atoms with Crippen molar-refractivity contribution in [3.05, 3.63) is 0 Å². The van der Waals surface area contributed by atoms with Crippen molar-refractivity contribution in [1.29, 1.82) is 0 Å². The highest BCUT2D eigenvalue weighted by Crippen LogP contribution is 2.26. The van der Waals surface area contributed by atoms with E-state index in [1.54, 1.807) is 0 Å². The second kappa shape index (κ2) is 8.62.